The van der Waals surface area contributed by atoms with Gasteiger partial charge >= 0.3 is 0 Å². The number of aromatic nitrogens is 1. The zero-order chi connectivity index (χ0) is 36.1. The molecule has 5 aromatic carbocycles. The summed E-state index contributed by atoms with van der Waals surface area (Å²) in [6.45, 7) is 7.63. The van der Waals surface area contributed by atoms with E-state index in [9.17, 15) is 4.79 Å². The Balaban J connectivity index is 1.03. The Morgan fingerprint density at radius 1 is 0.731 bits per heavy atom. The molecule has 0 saturated heterocycles. The Morgan fingerprint density at radius 3 is 2.12 bits per heavy atom. The van der Waals surface area contributed by atoms with Gasteiger partial charge in [0.1, 0.15) is 13.2 Å². The molecule has 0 atom stereocenters. The normalized spacial score (nSPS) is 10.9. The van der Waals surface area contributed by atoms with Crippen LogP contribution in [0, 0.1) is 6.92 Å². The van der Waals surface area contributed by atoms with Crippen molar-refractivity contribution in [1.29, 1.82) is 0 Å². The molecule has 9 nitrogen and oxygen atoms in total. The molecule has 1 amide bonds. The van der Waals surface area contributed by atoms with E-state index in [0.29, 0.717) is 55.0 Å². The number of benzene rings is 5. The van der Waals surface area contributed by atoms with Crippen LogP contribution in [0.25, 0.3) is 11.3 Å². The minimum absolute atomic E-state index is 0.301. The summed E-state index contributed by atoms with van der Waals surface area (Å²) in [5.41, 5.74) is 9.76. The average molecular weight is 713 g/mol. The SMILES string of the molecule is CCOc1cc(/C=N/NC(=O)c2ccc(-c3csc(Nc4ccc(C)cc4)n3)cc2)ccc1OCc1ccc(OCc2ccccc2)c(OCC)c1. The van der Waals surface area contributed by atoms with Crippen molar-refractivity contribution in [3.63, 3.8) is 0 Å². The van der Waals surface area contributed by atoms with Gasteiger partial charge < -0.3 is 24.3 Å². The van der Waals surface area contributed by atoms with E-state index in [1.54, 1.807) is 18.3 Å². The van der Waals surface area contributed by atoms with Crippen molar-refractivity contribution < 1.29 is 23.7 Å². The lowest BCUT2D eigenvalue weighted by molar-refractivity contribution is 0.0955. The van der Waals surface area contributed by atoms with Gasteiger partial charge in [-0.25, -0.2) is 10.4 Å². The van der Waals surface area contributed by atoms with Crippen molar-refractivity contribution in [3.05, 3.63) is 148 Å². The van der Waals surface area contributed by atoms with Crippen molar-refractivity contribution >= 4 is 34.3 Å². The monoisotopic (exact) mass is 712 g/mol. The number of hydrazone groups is 1. The predicted octanol–water partition coefficient (Wildman–Crippen LogP) is 9.58. The molecule has 0 unspecified atom stereocenters. The summed E-state index contributed by atoms with van der Waals surface area (Å²) in [7, 11) is 0. The van der Waals surface area contributed by atoms with Gasteiger partial charge in [-0.3, -0.25) is 4.79 Å². The van der Waals surface area contributed by atoms with Gasteiger partial charge in [-0.05, 0) is 92.1 Å². The maximum atomic E-state index is 12.8. The third-order valence-corrected chi connectivity index (χ3v) is 8.59. The number of nitrogens with one attached hydrogen (secondary N) is 2. The molecule has 0 aliphatic rings. The summed E-state index contributed by atoms with van der Waals surface area (Å²) in [4.78, 5) is 17.5. The fourth-order valence-corrected chi connectivity index (χ4v) is 5.91. The second kappa shape index (κ2) is 17.7. The number of nitrogens with zero attached hydrogens (tertiary/aromatic N) is 2. The maximum Gasteiger partial charge on any atom is 0.271 e. The number of ether oxygens (including phenoxy) is 4. The number of carbonyl (C=O) groups excluding carboxylic acids is 1. The number of anilines is 2. The summed E-state index contributed by atoms with van der Waals surface area (Å²) < 4.78 is 23.9. The van der Waals surface area contributed by atoms with Gasteiger partial charge in [-0.2, -0.15) is 5.10 Å². The topological polar surface area (TPSA) is 103 Å². The molecule has 1 heterocycles. The lowest BCUT2D eigenvalue weighted by Crippen LogP contribution is -2.17. The van der Waals surface area contributed by atoms with Crippen molar-refractivity contribution in [2.24, 2.45) is 5.10 Å². The Hall–Kier alpha value is -6.13. The number of rotatable bonds is 16. The summed E-state index contributed by atoms with van der Waals surface area (Å²) in [6, 6.07) is 36.7. The number of amides is 1. The second-order valence-electron chi connectivity index (χ2n) is 11.7. The highest BCUT2D eigenvalue weighted by molar-refractivity contribution is 7.14. The van der Waals surface area contributed by atoms with E-state index in [-0.39, 0.29) is 5.91 Å². The smallest absolute Gasteiger partial charge is 0.271 e. The van der Waals surface area contributed by atoms with Gasteiger partial charge in [0, 0.05) is 22.2 Å². The minimum Gasteiger partial charge on any atom is -0.490 e. The molecule has 0 bridgehead atoms. The first-order valence-corrected chi connectivity index (χ1v) is 17.9. The summed E-state index contributed by atoms with van der Waals surface area (Å²) in [5, 5.41) is 10.3. The Labute approximate surface area is 307 Å². The number of aryl methyl sites for hydroxylation is 1. The van der Waals surface area contributed by atoms with Gasteiger partial charge in [0.15, 0.2) is 28.1 Å². The van der Waals surface area contributed by atoms with Crippen molar-refractivity contribution in [1.82, 2.24) is 10.4 Å². The van der Waals surface area contributed by atoms with Gasteiger partial charge in [0.05, 0.1) is 25.1 Å². The summed E-state index contributed by atoms with van der Waals surface area (Å²) in [5.74, 6) is 2.17. The van der Waals surface area contributed by atoms with Crippen LogP contribution in [0.2, 0.25) is 0 Å². The zero-order valence-corrected chi connectivity index (χ0v) is 30.1. The Kier molecular flexibility index (Phi) is 12.1. The van der Waals surface area contributed by atoms with E-state index >= 15 is 0 Å². The Bertz CT molecular complexity index is 2100. The lowest BCUT2D eigenvalue weighted by Gasteiger charge is -2.15. The van der Waals surface area contributed by atoms with Crippen LogP contribution in [-0.2, 0) is 13.2 Å². The van der Waals surface area contributed by atoms with Gasteiger partial charge in [0.2, 0.25) is 0 Å². The molecule has 0 spiro atoms. The highest BCUT2D eigenvalue weighted by Crippen LogP contribution is 2.32. The van der Waals surface area contributed by atoms with Gasteiger partial charge in [-0.1, -0.05) is 66.2 Å². The highest BCUT2D eigenvalue weighted by Gasteiger charge is 2.12. The third-order valence-electron chi connectivity index (χ3n) is 7.84. The van der Waals surface area contributed by atoms with Crippen molar-refractivity contribution in [3.8, 4) is 34.3 Å². The van der Waals surface area contributed by atoms with E-state index in [1.807, 2.05) is 110 Å². The maximum absolute atomic E-state index is 12.8. The molecular weight excluding hydrogens is 673 g/mol. The largest absolute Gasteiger partial charge is 0.490 e. The molecule has 10 heteroatoms. The molecule has 6 rings (SSSR count). The van der Waals surface area contributed by atoms with E-state index in [1.165, 1.54) is 16.9 Å². The molecule has 6 aromatic rings. The first kappa shape index (κ1) is 35.7. The molecular formula is C42H40N4O5S. The van der Waals surface area contributed by atoms with E-state index in [4.69, 9.17) is 23.9 Å². The summed E-state index contributed by atoms with van der Waals surface area (Å²) in [6.07, 6.45) is 1.57. The molecule has 0 aliphatic carbocycles. The van der Waals surface area contributed by atoms with Gasteiger partial charge in [0.25, 0.3) is 5.91 Å². The first-order chi connectivity index (χ1) is 25.5. The number of carbonyl (C=O) groups is 1. The molecule has 1 aromatic heterocycles. The second-order valence-corrected chi connectivity index (χ2v) is 12.6. The molecule has 264 valence electrons. The van der Waals surface area contributed by atoms with Crippen molar-refractivity contribution in [2.75, 3.05) is 18.5 Å². The molecule has 0 radical (unpaired) electrons. The summed E-state index contributed by atoms with van der Waals surface area (Å²) >= 11 is 1.53. The van der Waals surface area contributed by atoms with Gasteiger partial charge in [-0.15, -0.1) is 11.3 Å². The van der Waals surface area contributed by atoms with Crippen LogP contribution in [0.4, 0.5) is 10.8 Å². The van der Waals surface area contributed by atoms with Crippen LogP contribution in [0.5, 0.6) is 23.0 Å². The van der Waals surface area contributed by atoms with Crippen LogP contribution in [0.15, 0.2) is 126 Å². The van der Waals surface area contributed by atoms with Crippen LogP contribution >= 0.6 is 11.3 Å². The molecule has 0 fully saturated rings. The molecule has 0 saturated carbocycles. The van der Waals surface area contributed by atoms with E-state index in [2.05, 4.69) is 34.9 Å². The minimum atomic E-state index is -0.323. The fraction of sp³-hybridized carbons (Fsp3) is 0.167. The first-order valence-electron chi connectivity index (χ1n) is 17.0. The number of hydrogen-bond acceptors (Lipinski definition) is 9. The molecule has 0 aliphatic heterocycles. The zero-order valence-electron chi connectivity index (χ0n) is 29.3. The van der Waals surface area contributed by atoms with E-state index in [0.717, 1.165) is 38.8 Å². The van der Waals surface area contributed by atoms with Crippen molar-refractivity contribution in [2.45, 2.75) is 34.0 Å². The molecule has 2 N–H and O–H groups in total. The quantitative estimate of drug-likeness (QED) is 0.0761. The lowest BCUT2D eigenvalue weighted by atomic mass is 10.1. The predicted molar refractivity (Wildman–Crippen MR) is 207 cm³/mol. The third kappa shape index (κ3) is 9.76. The van der Waals surface area contributed by atoms with Crippen LogP contribution in [0.1, 0.15) is 46.5 Å². The average Bonchev–Trinajstić information content (AvgIpc) is 3.64. The Morgan fingerprint density at radius 2 is 1.40 bits per heavy atom. The van der Waals surface area contributed by atoms with Crippen LogP contribution in [-0.4, -0.2) is 30.3 Å². The number of hydrogen-bond donors (Lipinski definition) is 2. The fourth-order valence-electron chi connectivity index (χ4n) is 5.17. The standard InChI is InChI=1S/C42H40N4O5S/c1-4-48-39-23-31(13-21-37(39)51-27-32-14-22-38(40(24-32)49-5-2)50-26-30-9-7-6-8-10-30)25-43-46-41(47)34-17-15-33(16-18-34)36-28-52-42(45-36)44-35-19-11-29(3)12-20-35/h6-25,28H,4-5,26-27H2,1-3H3,(H,44,45)(H,46,47)/b43-25+. The number of thiazole rings is 1. The van der Waals surface area contributed by atoms with Crippen LogP contribution in [0.3, 0.4) is 0 Å². The highest BCUT2D eigenvalue weighted by atomic mass is 32.1. The van der Waals surface area contributed by atoms with Crippen LogP contribution < -0.4 is 29.7 Å². The molecule has 52 heavy (non-hydrogen) atoms. The van der Waals surface area contributed by atoms with E-state index < -0.39 is 0 Å².